The number of hydrogen-bond donors (Lipinski definition) is 1. The van der Waals surface area contributed by atoms with Gasteiger partial charge in [0.2, 0.25) is 0 Å². The average Bonchev–Trinajstić information content (AvgIpc) is 2.08. The summed E-state index contributed by atoms with van der Waals surface area (Å²) in [6.45, 7) is 6.33. The fourth-order valence-corrected chi connectivity index (χ4v) is 2.27. The van der Waals surface area contributed by atoms with E-state index in [0.717, 1.165) is 25.7 Å². The van der Waals surface area contributed by atoms with Crippen LogP contribution in [0.1, 0.15) is 52.9 Å². The molecule has 1 rings (SSSR count). The number of carbonyl (C=O) groups is 1. The van der Waals surface area contributed by atoms with Gasteiger partial charge >= 0.3 is 0 Å². The van der Waals surface area contributed by atoms with Crippen LogP contribution in [0.4, 0.5) is 0 Å². The lowest BCUT2D eigenvalue weighted by atomic mass is 9.78. The molecule has 0 aromatic heterocycles. The van der Waals surface area contributed by atoms with Crippen LogP contribution in [0.2, 0.25) is 0 Å². The fraction of sp³-hybridized carbons (Fsp3) is 0.909. The molecule has 0 bridgehead atoms. The van der Waals surface area contributed by atoms with Gasteiger partial charge in [-0.1, -0.05) is 13.3 Å². The van der Waals surface area contributed by atoms with E-state index in [4.69, 9.17) is 0 Å². The number of rotatable bonds is 3. The van der Waals surface area contributed by atoms with Gasteiger partial charge in [0.15, 0.2) is 5.78 Å². The molecule has 0 radical (unpaired) electrons. The quantitative estimate of drug-likeness (QED) is 0.727. The highest BCUT2D eigenvalue weighted by atomic mass is 16.1. The number of Topliss-reactive ketones (excluding diaryl/α,β-unsaturated/α-hetero) is 1. The Hall–Kier alpha value is -0.370. The summed E-state index contributed by atoms with van der Waals surface area (Å²) in [5.41, 5.74) is -0.188. The highest BCUT2D eigenvalue weighted by Gasteiger charge is 2.37. The second kappa shape index (κ2) is 4.23. The van der Waals surface area contributed by atoms with Crippen LogP contribution in [-0.4, -0.2) is 17.4 Å². The Morgan fingerprint density at radius 3 is 2.62 bits per heavy atom. The van der Waals surface area contributed by atoms with Crippen molar-refractivity contribution in [1.82, 2.24) is 5.32 Å². The molecule has 2 heteroatoms. The lowest BCUT2D eigenvalue weighted by Gasteiger charge is -2.37. The molecule has 0 heterocycles. The van der Waals surface area contributed by atoms with E-state index in [0.29, 0.717) is 11.8 Å². The Morgan fingerprint density at radius 2 is 2.15 bits per heavy atom. The van der Waals surface area contributed by atoms with E-state index < -0.39 is 0 Å². The maximum Gasteiger partial charge on any atom is 0.152 e. The third-order valence-electron chi connectivity index (χ3n) is 2.96. The molecule has 1 N–H and O–H groups in total. The van der Waals surface area contributed by atoms with Crippen molar-refractivity contribution in [3.8, 4) is 0 Å². The molecule has 1 atom stereocenters. The molecule has 0 aliphatic heterocycles. The zero-order valence-electron chi connectivity index (χ0n) is 9.02. The first-order chi connectivity index (χ1) is 6.10. The molecule has 1 saturated carbocycles. The number of nitrogens with one attached hydrogen (secondary N) is 1. The van der Waals surface area contributed by atoms with Crippen LogP contribution in [-0.2, 0) is 4.79 Å². The van der Waals surface area contributed by atoms with Crippen LogP contribution in [0.25, 0.3) is 0 Å². The smallest absolute Gasteiger partial charge is 0.152 e. The van der Waals surface area contributed by atoms with Gasteiger partial charge in [-0.3, -0.25) is 4.79 Å². The maximum atomic E-state index is 11.8. The molecule has 13 heavy (non-hydrogen) atoms. The van der Waals surface area contributed by atoms with Crippen LogP contribution >= 0.6 is 0 Å². The Morgan fingerprint density at radius 1 is 1.46 bits per heavy atom. The first-order valence-corrected chi connectivity index (χ1v) is 5.42. The van der Waals surface area contributed by atoms with Gasteiger partial charge in [-0.05, 0) is 33.1 Å². The zero-order chi connectivity index (χ0) is 9.90. The number of ketones is 1. The molecule has 0 aromatic rings. The fourth-order valence-electron chi connectivity index (χ4n) is 2.27. The first-order valence-electron chi connectivity index (χ1n) is 5.42. The summed E-state index contributed by atoms with van der Waals surface area (Å²) in [6.07, 6.45) is 5.01. The summed E-state index contributed by atoms with van der Waals surface area (Å²) in [6, 6.07) is 0.405. The van der Waals surface area contributed by atoms with Gasteiger partial charge in [0.05, 0.1) is 5.54 Å². The molecule has 0 amide bonds. The van der Waals surface area contributed by atoms with E-state index in [1.807, 2.05) is 0 Å². The van der Waals surface area contributed by atoms with Crippen molar-refractivity contribution in [2.45, 2.75) is 64.5 Å². The van der Waals surface area contributed by atoms with E-state index in [2.05, 4.69) is 26.1 Å². The molecule has 1 aliphatic carbocycles. The predicted molar refractivity (Wildman–Crippen MR) is 54.8 cm³/mol. The van der Waals surface area contributed by atoms with Crippen molar-refractivity contribution in [2.75, 3.05) is 0 Å². The molecular weight excluding hydrogens is 162 g/mol. The van der Waals surface area contributed by atoms with Crippen LogP contribution in [0.15, 0.2) is 0 Å². The van der Waals surface area contributed by atoms with E-state index in [1.165, 1.54) is 6.42 Å². The highest BCUT2D eigenvalue weighted by molar-refractivity contribution is 5.89. The molecule has 1 fully saturated rings. The Bertz CT molecular complexity index is 189. The minimum Gasteiger partial charge on any atom is -0.303 e. The Labute approximate surface area is 81.1 Å². The van der Waals surface area contributed by atoms with Gasteiger partial charge in [-0.15, -0.1) is 0 Å². The van der Waals surface area contributed by atoms with Gasteiger partial charge < -0.3 is 5.32 Å². The molecular formula is C11H21NO. The summed E-state index contributed by atoms with van der Waals surface area (Å²) in [7, 11) is 0. The Balaban J connectivity index is 2.70. The standard InChI is InChI=1S/C11H21NO/c1-4-11(12-9(2)3)8-6-5-7-10(11)13/h9,12H,4-8H2,1-3H3/t11-/m0/s1. The van der Waals surface area contributed by atoms with Crippen molar-refractivity contribution in [3.05, 3.63) is 0 Å². The van der Waals surface area contributed by atoms with Crippen molar-refractivity contribution < 1.29 is 4.79 Å². The molecule has 2 nitrogen and oxygen atoms in total. The van der Waals surface area contributed by atoms with Gasteiger partial charge in [0.1, 0.15) is 0 Å². The SMILES string of the molecule is CC[C@]1(NC(C)C)CCCCC1=O. The van der Waals surface area contributed by atoms with Gasteiger partial charge in [0.25, 0.3) is 0 Å². The van der Waals surface area contributed by atoms with Crippen LogP contribution < -0.4 is 5.32 Å². The Kier molecular flexibility index (Phi) is 3.48. The molecule has 0 spiro atoms. The molecule has 0 unspecified atom stereocenters. The lowest BCUT2D eigenvalue weighted by Crippen LogP contribution is -2.55. The van der Waals surface area contributed by atoms with Crippen LogP contribution in [0.5, 0.6) is 0 Å². The molecule has 0 aromatic carbocycles. The minimum absolute atomic E-state index is 0.188. The van der Waals surface area contributed by atoms with E-state index in [-0.39, 0.29) is 5.54 Å². The summed E-state index contributed by atoms with van der Waals surface area (Å²) in [4.78, 5) is 11.8. The van der Waals surface area contributed by atoms with Crippen molar-refractivity contribution >= 4 is 5.78 Å². The minimum atomic E-state index is -0.188. The van der Waals surface area contributed by atoms with Gasteiger partial charge in [-0.2, -0.15) is 0 Å². The molecule has 1 aliphatic rings. The second-order valence-electron chi connectivity index (χ2n) is 4.36. The van der Waals surface area contributed by atoms with Gasteiger partial charge in [0, 0.05) is 12.5 Å². The van der Waals surface area contributed by atoms with E-state index in [9.17, 15) is 4.79 Å². The largest absolute Gasteiger partial charge is 0.303 e. The molecule has 76 valence electrons. The topological polar surface area (TPSA) is 29.1 Å². The summed E-state index contributed by atoms with van der Waals surface area (Å²) in [5.74, 6) is 0.426. The lowest BCUT2D eigenvalue weighted by molar-refractivity contribution is -0.128. The molecule has 0 saturated heterocycles. The second-order valence-corrected chi connectivity index (χ2v) is 4.36. The summed E-state index contributed by atoms with van der Waals surface area (Å²) in [5, 5.41) is 3.45. The average molecular weight is 183 g/mol. The summed E-state index contributed by atoms with van der Waals surface area (Å²) < 4.78 is 0. The summed E-state index contributed by atoms with van der Waals surface area (Å²) >= 11 is 0. The van der Waals surface area contributed by atoms with Crippen molar-refractivity contribution in [1.29, 1.82) is 0 Å². The zero-order valence-corrected chi connectivity index (χ0v) is 9.02. The third kappa shape index (κ3) is 2.31. The van der Waals surface area contributed by atoms with E-state index >= 15 is 0 Å². The van der Waals surface area contributed by atoms with Crippen molar-refractivity contribution in [2.24, 2.45) is 0 Å². The normalized spacial score (nSPS) is 29.7. The third-order valence-corrected chi connectivity index (χ3v) is 2.96. The van der Waals surface area contributed by atoms with Crippen LogP contribution in [0.3, 0.4) is 0 Å². The number of hydrogen-bond acceptors (Lipinski definition) is 2. The monoisotopic (exact) mass is 183 g/mol. The highest BCUT2D eigenvalue weighted by Crippen LogP contribution is 2.28. The van der Waals surface area contributed by atoms with Crippen LogP contribution in [0, 0.1) is 0 Å². The predicted octanol–water partition coefficient (Wildman–Crippen LogP) is 2.28. The maximum absolute atomic E-state index is 11.8. The van der Waals surface area contributed by atoms with Crippen molar-refractivity contribution in [3.63, 3.8) is 0 Å². The van der Waals surface area contributed by atoms with Gasteiger partial charge in [-0.25, -0.2) is 0 Å². The van der Waals surface area contributed by atoms with E-state index in [1.54, 1.807) is 0 Å². The number of carbonyl (C=O) groups excluding carboxylic acids is 1. The first kappa shape index (κ1) is 10.7.